The van der Waals surface area contributed by atoms with Gasteiger partial charge >= 0.3 is 0 Å². The topological polar surface area (TPSA) is 110 Å². The lowest BCUT2D eigenvalue weighted by Gasteiger charge is -2.34. The number of carbonyl (C=O) groups excluding carboxylic acids is 2. The summed E-state index contributed by atoms with van der Waals surface area (Å²) in [4.78, 5) is 27.2. The van der Waals surface area contributed by atoms with Crippen LogP contribution in [0.15, 0.2) is 30.5 Å². The summed E-state index contributed by atoms with van der Waals surface area (Å²) in [5, 5.41) is 21.6. The van der Waals surface area contributed by atoms with E-state index in [2.05, 4.69) is 15.6 Å². The van der Waals surface area contributed by atoms with Crippen LogP contribution in [0.5, 0.6) is 5.75 Å². The number of benzene rings is 1. The number of ether oxygens (including phenoxy) is 1. The zero-order valence-electron chi connectivity index (χ0n) is 18.1. The minimum absolute atomic E-state index is 0.102. The fourth-order valence-electron chi connectivity index (χ4n) is 3.70. The fourth-order valence-corrected chi connectivity index (χ4v) is 3.83. The van der Waals surface area contributed by atoms with Gasteiger partial charge in [-0.05, 0) is 29.7 Å². The van der Waals surface area contributed by atoms with E-state index in [1.165, 1.54) is 16.6 Å². The Labute approximate surface area is 186 Å². The van der Waals surface area contributed by atoms with Crippen LogP contribution >= 0.6 is 11.6 Å². The summed E-state index contributed by atoms with van der Waals surface area (Å²) < 4.78 is 7.22. The van der Waals surface area contributed by atoms with Gasteiger partial charge in [-0.25, -0.2) is 4.68 Å². The van der Waals surface area contributed by atoms with Gasteiger partial charge in [-0.1, -0.05) is 37.6 Å². The lowest BCUT2D eigenvalue weighted by atomic mass is 9.85. The summed E-state index contributed by atoms with van der Waals surface area (Å²) >= 11 is 5.88. The summed E-state index contributed by atoms with van der Waals surface area (Å²) in [5.41, 5.74) is 0.0428. The number of amides is 2. The van der Waals surface area contributed by atoms with Gasteiger partial charge in [0.25, 0.3) is 0 Å². The number of halogens is 1. The average molecular weight is 450 g/mol. The molecule has 0 aliphatic carbocycles. The van der Waals surface area contributed by atoms with Crippen LogP contribution in [-0.4, -0.2) is 62.6 Å². The van der Waals surface area contributed by atoms with Crippen LogP contribution in [0, 0.1) is 5.41 Å². The molecule has 0 saturated carbocycles. The summed E-state index contributed by atoms with van der Waals surface area (Å²) in [6, 6.07) is 5.55. The Balaban J connectivity index is 1.79. The van der Waals surface area contributed by atoms with Gasteiger partial charge in [0, 0.05) is 25.0 Å². The molecule has 1 aromatic carbocycles. The van der Waals surface area contributed by atoms with Crippen molar-refractivity contribution in [1.82, 2.24) is 25.2 Å². The van der Waals surface area contributed by atoms with Crippen molar-refractivity contribution < 1.29 is 19.4 Å². The molecule has 0 radical (unpaired) electrons. The number of β-amino-alcohol motifs (C(OH)–C–C–N with tert-alkyl or cyclic N) is 1. The van der Waals surface area contributed by atoms with Crippen LogP contribution in [-0.2, 0) is 16.2 Å². The summed E-state index contributed by atoms with van der Waals surface area (Å²) in [7, 11) is 1.52. The van der Waals surface area contributed by atoms with Crippen molar-refractivity contribution in [2.24, 2.45) is 5.41 Å². The summed E-state index contributed by atoms with van der Waals surface area (Å²) in [6.45, 7) is 6.04. The van der Waals surface area contributed by atoms with Gasteiger partial charge in [0.1, 0.15) is 30.1 Å². The smallest absolute Gasteiger partial charge is 0.248 e. The van der Waals surface area contributed by atoms with Crippen LogP contribution in [0.4, 0.5) is 0 Å². The van der Waals surface area contributed by atoms with Crippen LogP contribution in [0.25, 0.3) is 0 Å². The highest BCUT2D eigenvalue weighted by molar-refractivity contribution is 6.30. The number of nitrogens with zero attached hydrogens (tertiary/aromatic N) is 4. The Bertz CT molecular complexity index is 925. The lowest BCUT2D eigenvalue weighted by Crippen LogP contribution is -2.49. The predicted octanol–water partition coefficient (Wildman–Crippen LogP) is 1.81. The number of aromatic nitrogens is 3. The van der Waals surface area contributed by atoms with Gasteiger partial charge < -0.3 is 20.1 Å². The Kier molecular flexibility index (Phi) is 6.86. The second kappa shape index (κ2) is 9.23. The van der Waals surface area contributed by atoms with E-state index < -0.39 is 23.6 Å². The van der Waals surface area contributed by atoms with Crippen LogP contribution in [0.3, 0.4) is 0 Å². The molecule has 1 fully saturated rings. The summed E-state index contributed by atoms with van der Waals surface area (Å²) in [6.07, 6.45) is 1.14. The third kappa shape index (κ3) is 5.34. The van der Waals surface area contributed by atoms with Gasteiger partial charge in [0.05, 0.1) is 12.3 Å². The number of hydrogen-bond acceptors (Lipinski definition) is 6. The number of hydrogen-bond donors (Lipinski definition) is 2. The Morgan fingerprint density at radius 2 is 2.00 bits per heavy atom. The normalized spacial score (nSPS) is 19.9. The maximum atomic E-state index is 13.5. The van der Waals surface area contributed by atoms with E-state index in [0.29, 0.717) is 16.5 Å². The molecule has 1 aliphatic heterocycles. The van der Waals surface area contributed by atoms with E-state index in [0.717, 1.165) is 0 Å². The first-order valence-corrected chi connectivity index (χ1v) is 10.5. The van der Waals surface area contributed by atoms with Gasteiger partial charge in [-0.15, -0.1) is 5.10 Å². The molecule has 2 N–H and O–H groups in total. The molecule has 2 heterocycles. The third-order valence-corrected chi connectivity index (χ3v) is 5.44. The minimum atomic E-state index is -0.744. The highest BCUT2D eigenvalue weighted by Crippen LogP contribution is 2.34. The fraction of sp³-hybridized carbons (Fsp3) is 0.524. The lowest BCUT2D eigenvalue weighted by molar-refractivity contribution is -0.144. The molecule has 1 aromatic heterocycles. The van der Waals surface area contributed by atoms with E-state index in [9.17, 15) is 14.7 Å². The Morgan fingerprint density at radius 3 is 2.61 bits per heavy atom. The maximum absolute atomic E-state index is 13.5. The van der Waals surface area contributed by atoms with Crippen molar-refractivity contribution in [2.45, 2.75) is 52.0 Å². The van der Waals surface area contributed by atoms with E-state index in [-0.39, 0.29) is 31.4 Å². The molecule has 10 heteroatoms. The zero-order chi connectivity index (χ0) is 22.8. The first kappa shape index (κ1) is 23.0. The highest BCUT2D eigenvalue weighted by atomic mass is 35.5. The van der Waals surface area contributed by atoms with Crippen molar-refractivity contribution in [3.8, 4) is 5.75 Å². The van der Waals surface area contributed by atoms with E-state index in [1.54, 1.807) is 30.5 Å². The standard InChI is InChI=1S/C21H28ClN5O4/c1-21(2,3)18(20(30)26-11-15(28)9-17(26)19(29)23-4)27-10-14(24-25-27)12-31-16-7-5-13(22)6-8-16/h5-8,10,15,17-18,28H,9,11-12H2,1-4H3,(H,23,29)/t15-,17+,18-/m1/s1. The minimum Gasteiger partial charge on any atom is -0.487 e. The van der Waals surface area contributed by atoms with Crippen molar-refractivity contribution in [1.29, 1.82) is 0 Å². The third-order valence-electron chi connectivity index (χ3n) is 5.19. The molecular formula is C21H28ClN5O4. The van der Waals surface area contributed by atoms with Gasteiger partial charge in [0.15, 0.2) is 0 Å². The first-order chi connectivity index (χ1) is 14.6. The molecule has 1 aliphatic rings. The number of likely N-dealkylation sites (N-methyl/N-ethyl adjacent to an activating group) is 1. The number of nitrogens with one attached hydrogen (secondary N) is 1. The largest absolute Gasteiger partial charge is 0.487 e. The van der Waals surface area contributed by atoms with Gasteiger partial charge in [0.2, 0.25) is 11.8 Å². The van der Waals surface area contributed by atoms with Crippen LogP contribution in [0.2, 0.25) is 5.02 Å². The number of aliphatic hydroxyl groups is 1. The molecule has 0 bridgehead atoms. The number of rotatable bonds is 6. The van der Waals surface area contributed by atoms with Crippen molar-refractivity contribution >= 4 is 23.4 Å². The van der Waals surface area contributed by atoms with E-state index in [4.69, 9.17) is 16.3 Å². The van der Waals surface area contributed by atoms with Crippen LogP contribution in [0.1, 0.15) is 38.9 Å². The van der Waals surface area contributed by atoms with Crippen molar-refractivity contribution in [3.63, 3.8) is 0 Å². The molecular weight excluding hydrogens is 422 g/mol. The molecule has 2 amide bonds. The van der Waals surface area contributed by atoms with Crippen molar-refractivity contribution in [3.05, 3.63) is 41.2 Å². The zero-order valence-corrected chi connectivity index (χ0v) is 18.8. The Morgan fingerprint density at radius 1 is 1.32 bits per heavy atom. The molecule has 2 aromatic rings. The Hall–Kier alpha value is -2.65. The first-order valence-electron chi connectivity index (χ1n) is 10.1. The quantitative estimate of drug-likeness (QED) is 0.696. The second-order valence-corrected chi connectivity index (χ2v) is 9.15. The highest BCUT2D eigenvalue weighted by Gasteiger charge is 2.44. The average Bonchev–Trinajstić information content (AvgIpc) is 3.32. The number of aliphatic hydroxyl groups excluding tert-OH is 1. The monoisotopic (exact) mass is 449 g/mol. The molecule has 1 saturated heterocycles. The molecule has 9 nitrogen and oxygen atoms in total. The number of likely N-dealkylation sites (tertiary alicyclic amines) is 1. The van der Waals surface area contributed by atoms with E-state index in [1.807, 2.05) is 20.8 Å². The molecule has 168 valence electrons. The summed E-state index contributed by atoms with van der Waals surface area (Å²) in [5.74, 6) is 0.0581. The van der Waals surface area contributed by atoms with E-state index >= 15 is 0 Å². The molecule has 0 unspecified atom stereocenters. The van der Waals surface area contributed by atoms with Crippen molar-refractivity contribution in [2.75, 3.05) is 13.6 Å². The molecule has 31 heavy (non-hydrogen) atoms. The maximum Gasteiger partial charge on any atom is 0.248 e. The van der Waals surface area contributed by atoms with Gasteiger partial charge in [-0.2, -0.15) is 0 Å². The predicted molar refractivity (Wildman–Crippen MR) is 114 cm³/mol. The second-order valence-electron chi connectivity index (χ2n) is 8.71. The number of carbonyl (C=O) groups is 2. The molecule has 3 atom stereocenters. The SMILES string of the molecule is CNC(=O)[C@@H]1C[C@@H](O)CN1C(=O)[C@@H](n1cc(COc2ccc(Cl)cc2)nn1)C(C)(C)C. The molecule has 0 spiro atoms. The van der Waals surface area contributed by atoms with Crippen LogP contribution < -0.4 is 10.1 Å². The molecule has 3 rings (SSSR count). The van der Waals surface area contributed by atoms with Gasteiger partial charge in [-0.3, -0.25) is 9.59 Å².